The van der Waals surface area contributed by atoms with Crippen LogP contribution >= 0.6 is 0 Å². The van der Waals surface area contributed by atoms with E-state index in [0.717, 1.165) is 5.69 Å². The predicted molar refractivity (Wildman–Crippen MR) is 74.2 cm³/mol. The molecule has 1 aromatic heterocycles. The smallest absolute Gasteiger partial charge is 0.363 e. The number of carbonyl (C=O) groups excluding carboxylic acids is 2. The zero-order chi connectivity index (χ0) is 15.4. The molecule has 110 valence electrons. The fourth-order valence-corrected chi connectivity index (χ4v) is 1.64. The van der Waals surface area contributed by atoms with Crippen LogP contribution in [0.3, 0.4) is 0 Å². The molecule has 2 N–H and O–H groups in total. The van der Waals surface area contributed by atoms with Gasteiger partial charge in [-0.15, -0.1) is 0 Å². The summed E-state index contributed by atoms with van der Waals surface area (Å²) in [6, 6.07) is 9.21. The van der Waals surface area contributed by atoms with Crippen molar-refractivity contribution in [3.05, 3.63) is 42.2 Å². The number of aromatic nitrogens is 2. The molecule has 0 aliphatic carbocycles. The summed E-state index contributed by atoms with van der Waals surface area (Å²) >= 11 is 0. The Morgan fingerprint density at radius 3 is 2.52 bits per heavy atom. The summed E-state index contributed by atoms with van der Waals surface area (Å²) in [7, 11) is 1.42. The van der Waals surface area contributed by atoms with Crippen molar-refractivity contribution in [2.75, 3.05) is 7.11 Å². The minimum absolute atomic E-state index is 0.0190. The number of hydrogen-bond acceptors (Lipinski definition) is 5. The van der Waals surface area contributed by atoms with E-state index in [1.807, 2.05) is 30.3 Å². The summed E-state index contributed by atoms with van der Waals surface area (Å²) in [5, 5.41) is 4.13. The second kappa shape index (κ2) is 6.08. The maximum absolute atomic E-state index is 12.0. The van der Waals surface area contributed by atoms with Gasteiger partial charge in [0.25, 0.3) is 5.91 Å². The van der Waals surface area contributed by atoms with Crippen molar-refractivity contribution in [3.63, 3.8) is 0 Å². The summed E-state index contributed by atoms with van der Waals surface area (Å²) < 4.78 is 11.5. The molecule has 1 aromatic carbocycles. The van der Waals surface area contributed by atoms with Gasteiger partial charge < -0.3 is 15.2 Å². The predicted octanol–water partition coefficient (Wildman–Crippen LogP) is 0.911. The van der Waals surface area contributed by atoms with Gasteiger partial charge in [-0.3, -0.25) is 4.79 Å². The molecule has 0 unspecified atom stereocenters. The SMILES string of the molecule is COc1cn(-c2ccccc2)nc1C(=O)O[C@H](C)C(N)=O. The summed E-state index contributed by atoms with van der Waals surface area (Å²) in [5.41, 5.74) is 5.80. The Labute approximate surface area is 121 Å². The van der Waals surface area contributed by atoms with E-state index in [-0.39, 0.29) is 11.4 Å². The number of hydrogen-bond donors (Lipinski definition) is 1. The normalized spacial score (nSPS) is 11.7. The van der Waals surface area contributed by atoms with E-state index in [0.29, 0.717) is 0 Å². The quantitative estimate of drug-likeness (QED) is 0.825. The number of methoxy groups -OCH3 is 1. The van der Waals surface area contributed by atoms with Gasteiger partial charge in [-0.2, -0.15) is 5.10 Å². The molecule has 0 aliphatic rings. The number of carbonyl (C=O) groups is 2. The Morgan fingerprint density at radius 1 is 1.29 bits per heavy atom. The molecule has 0 bridgehead atoms. The minimum atomic E-state index is -1.04. The third kappa shape index (κ3) is 3.19. The summed E-state index contributed by atoms with van der Waals surface area (Å²) in [6.45, 7) is 1.39. The number of amides is 1. The van der Waals surface area contributed by atoms with Crippen LogP contribution in [0.5, 0.6) is 5.75 Å². The molecular weight excluding hydrogens is 274 g/mol. The van der Waals surface area contributed by atoms with Gasteiger partial charge in [-0.05, 0) is 19.1 Å². The van der Waals surface area contributed by atoms with E-state index >= 15 is 0 Å². The highest BCUT2D eigenvalue weighted by molar-refractivity contribution is 5.92. The van der Waals surface area contributed by atoms with Crippen molar-refractivity contribution in [2.45, 2.75) is 13.0 Å². The Kier molecular flexibility index (Phi) is 4.22. The first-order chi connectivity index (χ1) is 10.0. The maximum atomic E-state index is 12.0. The molecule has 7 heteroatoms. The maximum Gasteiger partial charge on any atom is 0.363 e. The lowest BCUT2D eigenvalue weighted by atomic mass is 10.3. The lowest BCUT2D eigenvalue weighted by Gasteiger charge is -2.08. The topological polar surface area (TPSA) is 96.4 Å². The van der Waals surface area contributed by atoms with Gasteiger partial charge in [-0.25, -0.2) is 9.48 Å². The molecule has 0 radical (unpaired) electrons. The number of rotatable bonds is 5. The van der Waals surface area contributed by atoms with E-state index in [2.05, 4.69) is 5.10 Å². The van der Waals surface area contributed by atoms with Gasteiger partial charge in [0.15, 0.2) is 11.9 Å². The average Bonchev–Trinajstić information content (AvgIpc) is 2.92. The van der Waals surface area contributed by atoms with Crippen molar-refractivity contribution >= 4 is 11.9 Å². The van der Waals surface area contributed by atoms with Crippen LogP contribution in [0.1, 0.15) is 17.4 Å². The lowest BCUT2D eigenvalue weighted by Crippen LogP contribution is -2.30. The Balaban J connectivity index is 2.30. The molecule has 0 spiro atoms. The van der Waals surface area contributed by atoms with Crippen molar-refractivity contribution in [1.29, 1.82) is 0 Å². The first kappa shape index (κ1) is 14.6. The second-order valence-electron chi connectivity index (χ2n) is 4.28. The number of para-hydroxylation sites is 1. The van der Waals surface area contributed by atoms with Gasteiger partial charge in [-0.1, -0.05) is 18.2 Å². The number of nitrogens with zero attached hydrogens (tertiary/aromatic N) is 2. The van der Waals surface area contributed by atoms with Gasteiger partial charge >= 0.3 is 5.97 Å². The monoisotopic (exact) mass is 289 g/mol. The van der Waals surface area contributed by atoms with Crippen molar-refractivity contribution in [2.24, 2.45) is 5.73 Å². The van der Waals surface area contributed by atoms with Crippen LogP contribution in [0.2, 0.25) is 0 Å². The van der Waals surface area contributed by atoms with Crippen LogP contribution < -0.4 is 10.5 Å². The average molecular weight is 289 g/mol. The van der Waals surface area contributed by atoms with E-state index in [9.17, 15) is 9.59 Å². The van der Waals surface area contributed by atoms with E-state index in [1.165, 1.54) is 18.7 Å². The molecule has 0 saturated heterocycles. The molecule has 0 saturated carbocycles. The summed E-state index contributed by atoms with van der Waals surface area (Å²) in [6.07, 6.45) is 0.519. The van der Waals surface area contributed by atoms with E-state index in [1.54, 1.807) is 6.20 Å². The molecule has 2 rings (SSSR count). The highest BCUT2D eigenvalue weighted by Gasteiger charge is 2.23. The van der Waals surface area contributed by atoms with Crippen LogP contribution in [0, 0.1) is 0 Å². The Bertz CT molecular complexity index is 651. The van der Waals surface area contributed by atoms with Gasteiger partial charge in [0.1, 0.15) is 0 Å². The molecule has 21 heavy (non-hydrogen) atoms. The summed E-state index contributed by atoms with van der Waals surface area (Å²) in [4.78, 5) is 22.9. The van der Waals surface area contributed by atoms with Gasteiger partial charge in [0.2, 0.25) is 5.69 Å². The van der Waals surface area contributed by atoms with Crippen molar-refractivity contribution < 1.29 is 19.1 Å². The lowest BCUT2D eigenvalue weighted by molar-refractivity contribution is -0.125. The first-order valence-electron chi connectivity index (χ1n) is 6.22. The van der Waals surface area contributed by atoms with Crippen LogP contribution in [0.15, 0.2) is 36.5 Å². The third-order valence-corrected chi connectivity index (χ3v) is 2.80. The van der Waals surface area contributed by atoms with Crippen LogP contribution in [0.25, 0.3) is 5.69 Å². The number of benzene rings is 1. The van der Waals surface area contributed by atoms with Crippen LogP contribution in [-0.2, 0) is 9.53 Å². The highest BCUT2D eigenvalue weighted by atomic mass is 16.5. The number of nitrogens with two attached hydrogens (primary N) is 1. The van der Waals surface area contributed by atoms with Gasteiger partial charge in [0.05, 0.1) is 19.0 Å². The molecule has 1 atom stereocenters. The third-order valence-electron chi connectivity index (χ3n) is 2.80. The van der Waals surface area contributed by atoms with Crippen molar-refractivity contribution in [1.82, 2.24) is 9.78 Å². The van der Waals surface area contributed by atoms with Gasteiger partial charge in [0, 0.05) is 0 Å². The number of ether oxygens (including phenoxy) is 2. The molecule has 0 aliphatic heterocycles. The molecule has 2 aromatic rings. The fourth-order valence-electron chi connectivity index (χ4n) is 1.64. The minimum Gasteiger partial charge on any atom is -0.493 e. The Morgan fingerprint density at radius 2 is 1.95 bits per heavy atom. The van der Waals surface area contributed by atoms with Crippen molar-refractivity contribution in [3.8, 4) is 11.4 Å². The molecule has 7 nitrogen and oxygen atoms in total. The molecule has 1 heterocycles. The Hall–Kier alpha value is -2.83. The zero-order valence-electron chi connectivity index (χ0n) is 11.6. The van der Waals surface area contributed by atoms with Crippen LogP contribution in [0.4, 0.5) is 0 Å². The second-order valence-corrected chi connectivity index (χ2v) is 4.28. The first-order valence-corrected chi connectivity index (χ1v) is 6.22. The zero-order valence-corrected chi connectivity index (χ0v) is 11.6. The highest BCUT2D eigenvalue weighted by Crippen LogP contribution is 2.20. The molecular formula is C14H15N3O4. The number of esters is 1. The van der Waals surface area contributed by atoms with E-state index < -0.39 is 18.0 Å². The van der Waals surface area contributed by atoms with E-state index in [4.69, 9.17) is 15.2 Å². The van der Waals surface area contributed by atoms with Crippen LogP contribution in [-0.4, -0.2) is 34.9 Å². The largest absolute Gasteiger partial charge is 0.493 e. The molecule has 0 fully saturated rings. The standard InChI is InChI=1S/C14H15N3O4/c1-9(13(15)18)21-14(19)12-11(20-2)8-17(16-12)10-6-4-3-5-7-10/h3-9H,1-2H3,(H2,15,18)/t9-/m1/s1. The summed E-state index contributed by atoms with van der Waals surface area (Å²) in [5.74, 6) is -1.25. The fraction of sp³-hybridized carbons (Fsp3) is 0.214. The molecule has 1 amide bonds. The number of primary amides is 1.